The van der Waals surface area contributed by atoms with E-state index in [0.717, 1.165) is 6.42 Å². The predicted molar refractivity (Wildman–Crippen MR) is 62.6 cm³/mol. The second kappa shape index (κ2) is 7.37. The molecule has 1 rings (SSSR count). The fourth-order valence-corrected chi connectivity index (χ4v) is 1.41. The van der Waals surface area contributed by atoms with Crippen molar-refractivity contribution in [1.29, 1.82) is 0 Å². The first-order chi connectivity index (χ1) is 8.59. The first kappa shape index (κ1) is 14.1. The number of halogens is 1. The molecular formula is C12H15FN2O3. The lowest BCUT2D eigenvalue weighted by Crippen LogP contribution is -2.25. The third-order valence-electron chi connectivity index (χ3n) is 2.30. The van der Waals surface area contributed by atoms with Crippen LogP contribution in [0.1, 0.15) is 36.2 Å². The highest BCUT2D eigenvalue weighted by molar-refractivity contribution is 5.92. The Balaban J connectivity index is 2.20. The molecule has 0 spiro atoms. The van der Waals surface area contributed by atoms with Gasteiger partial charge in [0.2, 0.25) is 5.95 Å². The Morgan fingerprint density at radius 2 is 2.06 bits per heavy atom. The fourth-order valence-electron chi connectivity index (χ4n) is 1.41. The second-order valence-corrected chi connectivity index (χ2v) is 3.81. The molecule has 0 aliphatic heterocycles. The van der Waals surface area contributed by atoms with E-state index in [9.17, 15) is 14.0 Å². The average molecular weight is 254 g/mol. The van der Waals surface area contributed by atoms with Crippen LogP contribution in [0.2, 0.25) is 0 Å². The number of nitrogens with one attached hydrogen (secondary N) is 1. The van der Waals surface area contributed by atoms with E-state index in [1.807, 2.05) is 0 Å². The van der Waals surface area contributed by atoms with Crippen LogP contribution in [-0.2, 0) is 4.79 Å². The molecule has 0 radical (unpaired) electrons. The van der Waals surface area contributed by atoms with Crippen LogP contribution >= 0.6 is 0 Å². The summed E-state index contributed by atoms with van der Waals surface area (Å²) in [5.41, 5.74) is 0.0422. The van der Waals surface area contributed by atoms with Crippen LogP contribution in [0.4, 0.5) is 4.39 Å². The standard InChI is InChI=1S/C12H15FN2O3/c13-10-6-4-5-9(15-10)12(18)14-8-3-1-2-7-11(16)17/h4-6H,1-3,7-8H2,(H,14,18)(H,16,17). The van der Waals surface area contributed by atoms with Gasteiger partial charge in [0.05, 0.1) is 0 Å². The summed E-state index contributed by atoms with van der Waals surface area (Å²) in [4.78, 5) is 25.2. The molecule has 0 saturated heterocycles. The number of nitrogens with zero attached hydrogens (tertiary/aromatic N) is 1. The number of aromatic nitrogens is 1. The second-order valence-electron chi connectivity index (χ2n) is 3.81. The lowest BCUT2D eigenvalue weighted by atomic mass is 10.2. The predicted octanol–water partition coefficient (Wildman–Crippen LogP) is 1.60. The van der Waals surface area contributed by atoms with Crippen molar-refractivity contribution < 1.29 is 19.1 Å². The van der Waals surface area contributed by atoms with Gasteiger partial charge in [-0.1, -0.05) is 12.5 Å². The van der Waals surface area contributed by atoms with E-state index in [2.05, 4.69) is 10.3 Å². The number of unbranched alkanes of at least 4 members (excludes halogenated alkanes) is 2. The van der Waals surface area contributed by atoms with Crippen LogP contribution in [0.3, 0.4) is 0 Å². The third kappa shape index (κ3) is 5.38. The van der Waals surface area contributed by atoms with Crippen molar-refractivity contribution in [2.75, 3.05) is 6.54 Å². The minimum atomic E-state index is -0.817. The third-order valence-corrected chi connectivity index (χ3v) is 2.30. The van der Waals surface area contributed by atoms with E-state index in [1.54, 1.807) is 0 Å². The Morgan fingerprint density at radius 1 is 1.28 bits per heavy atom. The van der Waals surface area contributed by atoms with Gasteiger partial charge in [0.25, 0.3) is 5.91 Å². The number of amides is 1. The summed E-state index contributed by atoms with van der Waals surface area (Å²) >= 11 is 0. The van der Waals surface area contributed by atoms with Crippen molar-refractivity contribution >= 4 is 11.9 Å². The molecule has 0 unspecified atom stereocenters. The normalized spacial score (nSPS) is 10.1. The van der Waals surface area contributed by atoms with Gasteiger partial charge in [-0.3, -0.25) is 9.59 Å². The van der Waals surface area contributed by atoms with Crippen molar-refractivity contribution in [2.45, 2.75) is 25.7 Å². The molecule has 98 valence electrons. The number of aliphatic carboxylic acids is 1. The lowest BCUT2D eigenvalue weighted by Gasteiger charge is -2.04. The fraction of sp³-hybridized carbons (Fsp3) is 0.417. The van der Waals surface area contributed by atoms with Crippen LogP contribution in [0.5, 0.6) is 0 Å². The molecule has 1 aromatic rings. The monoisotopic (exact) mass is 254 g/mol. The van der Waals surface area contributed by atoms with E-state index >= 15 is 0 Å². The van der Waals surface area contributed by atoms with E-state index in [0.29, 0.717) is 19.4 Å². The van der Waals surface area contributed by atoms with Crippen molar-refractivity contribution in [3.8, 4) is 0 Å². The summed E-state index contributed by atoms with van der Waals surface area (Å²) in [7, 11) is 0. The first-order valence-electron chi connectivity index (χ1n) is 5.72. The lowest BCUT2D eigenvalue weighted by molar-refractivity contribution is -0.137. The summed E-state index contributed by atoms with van der Waals surface area (Å²) in [6, 6.07) is 4.02. The number of carbonyl (C=O) groups excluding carboxylic acids is 1. The zero-order chi connectivity index (χ0) is 13.4. The van der Waals surface area contributed by atoms with Crippen molar-refractivity contribution in [3.05, 3.63) is 29.8 Å². The Labute approximate surface area is 104 Å². The molecule has 0 aromatic carbocycles. The van der Waals surface area contributed by atoms with Crippen LogP contribution in [0.25, 0.3) is 0 Å². The van der Waals surface area contributed by atoms with Crippen molar-refractivity contribution in [3.63, 3.8) is 0 Å². The van der Waals surface area contributed by atoms with Gasteiger partial charge in [-0.25, -0.2) is 4.98 Å². The molecule has 5 nitrogen and oxygen atoms in total. The maximum absolute atomic E-state index is 12.7. The zero-order valence-corrected chi connectivity index (χ0v) is 9.86. The summed E-state index contributed by atoms with van der Waals surface area (Å²) in [6.45, 7) is 0.427. The number of rotatable bonds is 7. The maximum Gasteiger partial charge on any atom is 0.303 e. The summed E-state index contributed by atoms with van der Waals surface area (Å²) in [5.74, 6) is -1.93. The quantitative estimate of drug-likeness (QED) is 0.572. The summed E-state index contributed by atoms with van der Waals surface area (Å²) in [6.07, 6.45) is 2.14. The van der Waals surface area contributed by atoms with Crippen molar-refractivity contribution in [2.24, 2.45) is 0 Å². The molecule has 2 N–H and O–H groups in total. The zero-order valence-electron chi connectivity index (χ0n) is 9.86. The van der Waals surface area contributed by atoms with Crippen LogP contribution in [-0.4, -0.2) is 28.5 Å². The van der Waals surface area contributed by atoms with Gasteiger partial charge in [-0.15, -0.1) is 0 Å². The molecule has 0 bridgehead atoms. The molecule has 0 fully saturated rings. The summed E-state index contributed by atoms with van der Waals surface area (Å²) < 4.78 is 12.7. The minimum absolute atomic E-state index is 0.0422. The van der Waals surface area contributed by atoms with Gasteiger partial charge >= 0.3 is 5.97 Å². The Kier molecular flexibility index (Phi) is 5.76. The van der Waals surface area contributed by atoms with Gasteiger partial charge < -0.3 is 10.4 Å². The van der Waals surface area contributed by atoms with Gasteiger partial charge in [-0.05, 0) is 25.0 Å². The van der Waals surface area contributed by atoms with Crippen molar-refractivity contribution in [1.82, 2.24) is 10.3 Å². The molecule has 1 aromatic heterocycles. The number of hydrogen-bond acceptors (Lipinski definition) is 3. The highest BCUT2D eigenvalue weighted by atomic mass is 19.1. The number of carbonyl (C=O) groups is 2. The minimum Gasteiger partial charge on any atom is -0.481 e. The van der Waals surface area contributed by atoms with Crippen LogP contribution < -0.4 is 5.32 Å². The van der Waals surface area contributed by atoms with Gasteiger partial charge in [-0.2, -0.15) is 4.39 Å². The Morgan fingerprint density at radius 3 is 2.72 bits per heavy atom. The molecule has 6 heteroatoms. The summed E-state index contributed by atoms with van der Waals surface area (Å²) in [5, 5.41) is 11.0. The highest BCUT2D eigenvalue weighted by Crippen LogP contribution is 2.00. The number of carboxylic acid groups (broad SMARTS) is 1. The van der Waals surface area contributed by atoms with Crippen LogP contribution in [0.15, 0.2) is 18.2 Å². The largest absolute Gasteiger partial charge is 0.481 e. The average Bonchev–Trinajstić information content (AvgIpc) is 2.33. The molecule has 0 aliphatic carbocycles. The molecule has 0 atom stereocenters. The van der Waals surface area contributed by atoms with Gasteiger partial charge in [0.1, 0.15) is 5.69 Å². The number of hydrogen-bond donors (Lipinski definition) is 2. The van der Waals surface area contributed by atoms with Gasteiger partial charge in [0.15, 0.2) is 0 Å². The Hall–Kier alpha value is -1.98. The number of carboxylic acids is 1. The van der Waals surface area contributed by atoms with E-state index in [4.69, 9.17) is 5.11 Å². The highest BCUT2D eigenvalue weighted by Gasteiger charge is 2.06. The number of pyridine rings is 1. The topological polar surface area (TPSA) is 79.3 Å². The smallest absolute Gasteiger partial charge is 0.303 e. The molecule has 0 saturated carbocycles. The first-order valence-corrected chi connectivity index (χ1v) is 5.72. The molecule has 0 aliphatic rings. The van der Waals surface area contributed by atoms with E-state index in [-0.39, 0.29) is 12.1 Å². The SMILES string of the molecule is O=C(O)CCCCCNC(=O)c1cccc(F)n1. The Bertz CT molecular complexity index is 424. The maximum atomic E-state index is 12.7. The molecule has 1 amide bonds. The van der Waals surface area contributed by atoms with Gasteiger partial charge in [0, 0.05) is 13.0 Å². The van der Waals surface area contributed by atoms with E-state index in [1.165, 1.54) is 18.2 Å². The van der Waals surface area contributed by atoms with Crippen LogP contribution in [0, 0.1) is 5.95 Å². The van der Waals surface area contributed by atoms with E-state index < -0.39 is 17.8 Å². The molecule has 1 heterocycles. The molecular weight excluding hydrogens is 239 g/mol. The molecule has 18 heavy (non-hydrogen) atoms.